The first kappa shape index (κ1) is 23.2. The van der Waals surface area contributed by atoms with Crippen molar-refractivity contribution in [3.63, 3.8) is 0 Å². The fourth-order valence-corrected chi connectivity index (χ4v) is 7.23. The molecule has 8 atom stereocenters. The van der Waals surface area contributed by atoms with Crippen LogP contribution in [-0.4, -0.2) is 79.0 Å². The fraction of sp³-hybridized carbons (Fsp3) is 0.680. The van der Waals surface area contributed by atoms with E-state index in [-0.39, 0.29) is 48.1 Å². The molecule has 4 fully saturated rings. The van der Waals surface area contributed by atoms with Gasteiger partial charge in [0.15, 0.2) is 0 Å². The predicted molar refractivity (Wildman–Crippen MR) is 122 cm³/mol. The first-order valence-electron chi connectivity index (χ1n) is 12.4. The molecule has 1 aromatic rings. The molecule has 1 amide bonds. The summed E-state index contributed by atoms with van der Waals surface area (Å²) >= 11 is 0. The Morgan fingerprint density at radius 3 is 2.91 bits per heavy atom. The smallest absolute Gasteiger partial charge is 0.379 e. The number of hydrogen-bond acceptors (Lipinski definition) is 6. The molecule has 10 heteroatoms. The third-order valence-corrected chi connectivity index (χ3v) is 8.93. The first-order chi connectivity index (χ1) is 16.7. The van der Waals surface area contributed by atoms with Gasteiger partial charge in [-0.05, 0) is 37.3 Å². The largest absolute Gasteiger partial charge is 0.433 e. The maximum absolute atomic E-state index is 13.8. The van der Waals surface area contributed by atoms with E-state index in [1.54, 1.807) is 13.2 Å². The molecule has 7 nitrogen and oxygen atoms in total. The molecule has 6 rings (SSSR count). The van der Waals surface area contributed by atoms with E-state index in [4.69, 9.17) is 9.47 Å². The summed E-state index contributed by atoms with van der Waals surface area (Å²) in [6.07, 6.45) is 2.03. The van der Waals surface area contributed by atoms with Gasteiger partial charge in [0.05, 0.1) is 36.3 Å². The van der Waals surface area contributed by atoms with Crippen LogP contribution in [0.4, 0.5) is 19.0 Å². The molecule has 0 aromatic carbocycles. The SMILES string of the molecule is CO[C@@H]1COCC[C@@H]1N[C@@H]1C=C[C@@]2(C1)C(=O)N1C(C2C)[C@@H]2C[C@H]1CN2c1cccc(C(F)(F)F)n1. The van der Waals surface area contributed by atoms with Crippen LogP contribution in [0, 0.1) is 11.3 Å². The Morgan fingerprint density at radius 1 is 1.31 bits per heavy atom. The van der Waals surface area contributed by atoms with Crippen LogP contribution in [-0.2, 0) is 20.4 Å². The Labute approximate surface area is 202 Å². The van der Waals surface area contributed by atoms with E-state index in [0.29, 0.717) is 32.0 Å². The summed E-state index contributed by atoms with van der Waals surface area (Å²) in [6.45, 7) is 3.89. The Balaban J connectivity index is 1.21. The molecule has 1 aromatic heterocycles. The van der Waals surface area contributed by atoms with Gasteiger partial charge in [-0.25, -0.2) is 4.98 Å². The van der Waals surface area contributed by atoms with E-state index >= 15 is 0 Å². The number of carbonyl (C=O) groups excluding carboxylic acids is 1. The zero-order valence-corrected chi connectivity index (χ0v) is 19.9. The minimum Gasteiger partial charge on any atom is -0.379 e. The van der Waals surface area contributed by atoms with E-state index in [1.165, 1.54) is 6.07 Å². The van der Waals surface area contributed by atoms with Crippen LogP contribution in [0.3, 0.4) is 0 Å². The van der Waals surface area contributed by atoms with Gasteiger partial charge in [0, 0.05) is 32.3 Å². The zero-order chi connectivity index (χ0) is 24.5. The number of pyridine rings is 1. The van der Waals surface area contributed by atoms with Crippen LogP contribution in [0.1, 0.15) is 31.9 Å². The third-order valence-electron chi connectivity index (χ3n) is 8.93. The summed E-state index contributed by atoms with van der Waals surface area (Å²) in [5.74, 6) is 0.559. The number of ether oxygens (including phenoxy) is 2. The Kier molecular flexibility index (Phi) is 5.43. The minimum atomic E-state index is -4.48. The van der Waals surface area contributed by atoms with E-state index in [2.05, 4.69) is 29.4 Å². The predicted octanol–water partition coefficient (Wildman–Crippen LogP) is 2.62. The van der Waals surface area contributed by atoms with Crippen LogP contribution >= 0.6 is 0 Å². The second-order valence-corrected chi connectivity index (χ2v) is 10.6. The quantitative estimate of drug-likeness (QED) is 0.652. The number of hydrogen-bond donors (Lipinski definition) is 1. The lowest BCUT2D eigenvalue weighted by atomic mass is 9.73. The molecule has 5 heterocycles. The van der Waals surface area contributed by atoms with Crippen LogP contribution in [0.2, 0.25) is 0 Å². The van der Waals surface area contributed by atoms with Gasteiger partial charge >= 0.3 is 6.18 Å². The third kappa shape index (κ3) is 3.51. The van der Waals surface area contributed by atoms with Gasteiger partial charge in [0.1, 0.15) is 11.5 Å². The van der Waals surface area contributed by atoms with E-state index in [0.717, 1.165) is 18.9 Å². The van der Waals surface area contributed by atoms with Crippen LogP contribution in [0.5, 0.6) is 0 Å². The fourth-order valence-electron chi connectivity index (χ4n) is 7.23. The highest BCUT2D eigenvalue weighted by Gasteiger charge is 2.67. The highest BCUT2D eigenvalue weighted by atomic mass is 19.4. The second kappa shape index (κ2) is 8.18. The zero-order valence-electron chi connectivity index (χ0n) is 19.9. The van der Waals surface area contributed by atoms with Crippen molar-refractivity contribution in [3.05, 3.63) is 36.0 Å². The molecule has 2 bridgehead atoms. The number of nitrogens with zero attached hydrogens (tertiary/aromatic N) is 3. The van der Waals surface area contributed by atoms with Crippen molar-refractivity contribution in [3.8, 4) is 0 Å². The normalized spacial score (nSPS) is 40.4. The summed E-state index contributed by atoms with van der Waals surface area (Å²) in [4.78, 5) is 21.8. The number of halogens is 3. The number of anilines is 1. The van der Waals surface area contributed by atoms with Crippen molar-refractivity contribution in [2.24, 2.45) is 11.3 Å². The molecule has 35 heavy (non-hydrogen) atoms. The lowest BCUT2D eigenvalue weighted by molar-refractivity contribution is -0.141. The molecule has 1 N–H and O–H groups in total. The van der Waals surface area contributed by atoms with E-state index < -0.39 is 17.3 Å². The lowest BCUT2D eigenvalue weighted by Gasteiger charge is -2.39. The maximum Gasteiger partial charge on any atom is 0.433 e. The van der Waals surface area contributed by atoms with Gasteiger partial charge in [-0.15, -0.1) is 0 Å². The Morgan fingerprint density at radius 2 is 2.14 bits per heavy atom. The topological polar surface area (TPSA) is 66.9 Å². The van der Waals surface area contributed by atoms with Crippen LogP contribution in [0.15, 0.2) is 30.4 Å². The van der Waals surface area contributed by atoms with Crippen molar-refractivity contribution < 1.29 is 27.4 Å². The molecule has 4 saturated heterocycles. The second-order valence-electron chi connectivity index (χ2n) is 10.6. The van der Waals surface area contributed by atoms with Gasteiger partial charge < -0.3 is 24.6 Å². The van der Waals surface area contributed by atoms with E-state index in [9.17, 15) is 18.0 Å². The number of aromatic nitrogens is 1. The number of piperazine rings is 1. The highest BCUT2D eigenvalue weighted by molar-refractivity contribution is 5.90. The van der Waals surface area contributed by atoms with Crippen molar-refractivity contribution in [2.45, 2.75) is 68.7 Å². The molecule has 0 radical (unpaired) electrons. The standard InChI is InChI=1S/C25H31F3N4O3/c1-14-22-18-10-16(12-31(18)21-5-3-4-20(30-21)25(26,27)28)32(22)23(33)24(14)8-6-15(11-24)29-17-7-9-35-13-19(17)34-2/h3-6,8,14-19,22,29H,7,9-13H2,1-2H3/t14?,15-,16+,17+,18+,19-,22?,24+/m1/s1. The molecular weight excluding hydrogens is 461 g/mol. The number of rotatable bonds is 4. The molecule has 0 saturated carbocycles. The summed E-state index contributed by atoms with van der Waals surface area (Å²) in [5.41, 5.74) is -1.46. The highest BCUT2D eigenvalue weighted by Crippen LogP contribution is 2.56. The summed E-state index contributed by atoms with van der Waals surface area (Å²) < 4.78 is 50.9. The maximum atomic E-state index is 13.8. The van der Waals surface area contributed by atoms with Gasteiger partial charge in [-0.2, -0.15) is 13.2 Å². The number of methoxy groups -OCH3 is 1. The number of alkyl halides is 3. The summed E-state index contributed by atoms with van der Waals surface area (Å²) in [7, 11) is 1.69. The number of nitrogens with one attached hydrogen (secondary N) is 1. The molecule has 1 aliphatic carbocycles. The number of carbonyl (C=O) groups is 1. The van der Waals surface area contributed by atoms with Crippen molar-refractivity contribution in [1.29, 1.82) is 0 Å². The number of fused-ring (bicyclic) bond motifs is 5. The van der Waals surface area contributed by atoms with Gasteiger partial charge in [-0.1, -0.05) is 25.1 Å². The Bertz CT molecular complexity index is 1040. The van der Waals surface area contributed by atoms with Crippen LogP contribution in [0.25, 0.3) is 0 Å². The molecule has 5 aliphatic rings. The Hall–Kier alpha value is -2.17. The number of amides is 1. The lowest BCUT2D eigenvalue weighted by Crippen LogP contribution is -2.53. The molecular formula is C25H31F3N4O3. The van der Waals surface area contributed by atoms with Crippen LogP contribution < -0.4 is 10.2 Å². The molecule has 4 aliphatic heterocycles. The average Bonchev–Trinajstić information content (AvgIpc) is 3.60. The summed E-state index contributed by atoms with van der Waals surface area (Å²) in [6, 6.07) is 4.25. The summed E-state index contributed by atoms with van der Waals surface area (Å²) in [5, 5.41) is 3.68. The van der Waals surface area contributed by atoms with Crippen molar-refractivity contribution in [1.82, 2.24) is 15.2 Å². The van der Waals surface area contributed by atoms with E-state index in [1.807, 2.05) is 9.80 Å². The molecule has 190 valence electrons. The van der Waals surface area contributed by atoms with Crippen molar-refractivity contribution >= 4 is 11.7 Å². The molecule has 1 spiro atoms. The molecule has 2 unspecified atom stereocenters. The van der Waals surface area contributed by atoms with Crippen molar-refractivity contribution in [2.75, 3.05) is 31.8 Å². The van der Waals surface area contributed by atoms with Gasteiger partial charge in [0.25, 0.3) is 0 Å². The van der Waals surface area contributed by atoms with Gasteiger partial charge in [0.2, 0.25) is 5.91 Å². The monoisotopic (exact) mass is 492 g/mol. The first-order valence-corrected chi connectivity index (χ1v) is 12.4. The average molecular weight is 493 g/mol. The minimum absolute atomic E-state index is 0.00411. The van der Waals surface area contributed by atoms with Gasteiger partial charge in [-0.3, -0.25) is 4.79 Å².